The van der Waals surface area contributed by atoms with Crippen molar-refractivity contribution in [1.29, 1.82) is 0 Å². The maximum absolute atomic E-state index is 13.9. The molecule has 0 radical (unpaired) electrons. The topological polar surface area (TPSA) is 205 Å². The zero-order chi connectivity index (χ0) is 57.9. The minimum Gasteiger partial charge on any atom is -0.494 e. The Kier molecular flexibility index (Phi) is 25.0. The lowest BCUT2D eigenvalue weighted by atomic mass is 9.82. The third kappa shape index (κ3) is 20.0. The van der Waals surface area contributed by atoms with Gasteiger partial charge < -0.3 is 37.9 Å². The summed E-state index contributed by atoms with van der Waals surface area (Å²) in [7, 11) is 0. The first kappa shape index (κ1) is 61.8. The molecule has 2 saturated carbocycles. The Hall–Kier alpha value is -7.86. The molecule has 18 heteroatoms. The van der Waals surface area contributed by atoms with Gasteiger partial charge in [-0.15, -0.1) is 0 Å². The van der Waals surface area contributed by atoms with Gasteiger partial charge in [-0.25, -0.2) is 19.6 Å². The van der Waals surface area contributed by atoms with Crippen LogP contribution in [0.2, 0.25) is 0 Å². The van der Waals surface area contributed by atoms with Crippen molar-refractivity contribution in [1.82, 2.24) is 4.98 Å². The van der Waals surface area contributed by atoms with E-state index in [1.807, 2.05) is 29.3 Å². The molecule has 82 heavy (non-hydrogen) atoms. The number of hydrazone groups is 1. The van der Waals surface area contributed by atoms with E-state index >= 15 is 0 Å². The first-order valence-corrected chi connectivity index (χ1v) is 29.5. The normalized spacial score (nSPS) is 16.8. The van der Waals surface area contributed by atoms with E-state index in [1.54, 1.807) is 72.9 Å². The van der Waals surface area contributed by atoms with Crippen molar-refractivity contribution in [3.8, 4) is 34.5 Å². The second kappa shape index (κ2) is 33.2. The Labute approximate surface area is 483 Å². The molecule has 1 aromatic heterocycles. The summed E-state index contributed by atoms with van der Waals surface area (Å²) in [4.78, 5) is 81.3. The number of aromatic nitrogens is 1. The van der Waals surface area contributed by atoms with Crippen LogP contribution in [0, 0.1) is 23.7 Å². The molecular weight excluding hydrogens is 1070 g/mol. The molecule has 0 unspecified atom stereocenters. The van der Waals surface area contributed by atoms with Gasteiger partial charge in [0.25, 0.3) is 0 Å². The van der Waals surface area contributed by atoms with E-state index in [0.29, 0.717) is 118 Å². The van der Waals surface area contributed by atoms with Crippen molar-refractivity contribution >= 4 is 68.7 Å². The van der Waals surface area contributed by atoms with Gasteiger partial charge in [-0.1, -0.05) is 50.0 Å². The van der Waals surface area contributed by atoms with E-state index < -0.39 is 35.7 Å². The quantitative estimate of drug-likeness (QED) is 0.00980. The Morgan fingerprint density at radius 1 is 0.537 bits per heavy atom. The van der Waals surface area contributed by atoms with Gasteiger partial charge in [-0.2, -0.15) is 5.10 Å². The highest BCUT2D eigenvalue weighted by molar-refractivity contribution is 7.22. The highest BCUT2D eigenvalue weighted by Gasteiger charge is 2.34. The molecule has 2 fully saturated rings. The van der Waals surface area contributed by atoms with Crippen molar-refractivity contribution in [2.24, 2.45) is 28.8 Å². The van der Waals surface area contributed by atoms with E-state index in [1.165, 1.54) is 11.3 Å². The van der Waals surface area contributed by atoms with Crippen LogP contribution < -0.4 is 33.4 Å². The first-order valence-electron chi connectivity index (χ1n) is 28.7. The number of carbonyl (C=O) groups is 6. The number of hydrogen-bond donors (Lipinski definition) is 0. The number of para-hydroxylation sites is 1. The second-order valence-electron chi connectivity index (χ2n) is 20.4. The zero-order valence-electron chi connectivity index (χ0n) is 46.8. The number of unbranched alkanes of at least 4 members (excludes halogenated alkanes) is 7. The molecule has 0 saturated heterocycles. The van der Waals surface area contributed by atoms with E-state index in [-0.39, 0.29) is 35.3 Å². The molecule has 0 N–H and O–H groups in total. The van der Waals surface area contributed by atoms with Crippen LogP contribution in [0.25, 0.3) is 10.2 Å². The molecule has 4 aromatic carbocycles. The number of carbonyl (C=O) groups excluding carboxylic acids is 6. The molecule has 0 spiro atoms. The second-order valence-corrected chi connectivity index (χ2v) is 21.4. The van der Waals surface area contributed by atoms with Gasteiger partial charge in [0.1, 0.15) is 34.5 Å². The first-order chi connectivity index (χ1) is 40.0. The lowest BCUT2D eigenvalue weighted by molar-refractivity contribution is -0.145. The fraction of sp³-hybridized carbons (Fsp3) is 0.438. The van der Waals surface area contributed by atoms with Crippen LogP contribution in [0.15, 0.2) is 121 Å². The molecule has 436 valence electrons. The van der Waals surface area contributed by atoms with E-state index in [4.69, 9.17) is 48.0 Å². The number of anilines is 1. The van der Waals surface area contributed by atoms with Gasteiger partial charge in [0.2, 0.25) is 5.13 Å². The maximum Gasteiger partial charge on any atom is 0.330 e. The Morgan fingerprint density at radius 2 is 0.963 bits per heavy atom. The zero-order valence-corrected chi connectivity index (χ0v) is 47.7. The van der Waals surface area contributed by atoms with Crippen LogP contribution >= 0.6 is 11.3 Å². The third-order valence-electron chi connectivity index (χ3n) is 14.3. The third-order valence-corrected chi connectivity index (χ3v) is 15.3. The van der Waals surface area contributed by atoms with Crippen LogP contribution in [-0.4, -0.2) is 80.0 Å². The highest BCUT2D eigenvalue weighted by atomic mass is 32.1. The smallest absolute Gasteiger partial charge is 0.330 e. The average Bonchev–Trinajstić information content (AvgIpc) is 4.16. The number of benzene rings is 4. The van der Waals surface area contributed by atoms with Gasteiger partial charge in [-0.05, 0) is 188 Å². The molecule has 7 rings (SSSR count). The number of esters is 6. The van der Waals surface area contributed by atoms with Crippen LogP contribution in [0.3, 0.4) is 0 Å². The molecule has 0 atom stereocenters. The molecule has 0 bridgehead atoms. The average molecular weight is 1140 g/mol. The fourth-order valence-electron chi connectivity index (χ4n) is 9.48. The molecule has 1 heterocycles. The van der Waals surface area contributed by atoms with Crippen LogP contribution in [0.1, 0.15) is 128 Å². The van der Waals surface area contributed by atoms with Gasteiger partial charge in [0.15, 0.2) is 0 Å². The number of thiazole rings is 1. The number of nitrogens with zero attached hydrogens (tertiary/aromatic N) is 3. The lowest BCUT2D eigenvalue weighted by Crippen LogP contribution is -2.30. The summed E-state index contributed by atoms with van der Waals surface area (Å²) >= 11 is 1.52. The van der Waals surface area contributed by atoms with Crippen molar-refractivity contribution in [3.05, 3.63) is 122 Å². The number of rotatable bonds is 32. The van der Waals surface area contributed by atoms with Crippen molar-refractivity contribution in [2.45, 2.75) is 122 Å². The lowest BCUT2D eigenvalue weighted by Gasteiger charge is -2.26. The maximum atomic E-state index is 13.9. The summed E-state index contributed by atoms with van der Waals surface area (Å²) in [6.07, 6.45) is 16.2. The van der Waals surface area contributed by atoms with Gasteiger partial charge >= 0.3 is 35.8 Å². The molecule has 2 aliphatic rings. The number of hydrogen-bond acceptors (Lipinski definition) is 18. The Balaban J connectivity index is 0.896. The SMILES string of the molecule is C=CC(=O)OCCCCCCOc1ccc(OC(=O)C2CCC(C(=O)Oc3ccc(OC(=O)C4CCC(C(=O)Oc5ccc(OCCCCCCOC(=O)C=C)cc5)CC4)c(/C=N/N(CCCC)c4nc5ccccc5s4)c3)CC2)cc1. The largest absolute Gasteiger partial charge is 0.494 e. The summed E-state index contributed by atoms with van der Waals surface area (Å²) in [5, 5.41) is 7.41. The number of fused-ring (bicyclic) bond motifs is 1. The fourth-order valence-corrected chi connectivity index (χ4v) is 10.4. The number of ether oxygens (including phenoxy) is 8. The summed E-state index contributed by atoms with van der Waals surface area (Å²) in [5.74, 6) is -1.42. The Bertz CT molecular complexity index is 2890. The van der Waals surface area contributed by atoms with E-state index in [0.717, 1.165) is 86.6 Å². The van der Waals surface area contributed by atoms with Crippen LogP contribution in [-0.2, 0) is 38.2 Å². The predicted octanol–water partition coefficient (Wildman–Crippen LogP) is 12.9. The minimum atomic E-state index is -0.462. The van der Waals surface area contributed by atoms with Crippen molar-refractivity contribution in [3.63, 3.8) is 0 Å². The van der Waals surface area contributed by atoms with Crippen molar-refractivity contribution < 1.29 is 66.7 Å². The molecule has 2 aliphatic carbocycles. The van der Waals surface area contributed by atoms with E-state index in [9.17, 15) is 28.8 Å². The summed E-state index contributed by atoms with van der Waals surface area (Å²) in [6, 6.07) is 26.6. The summed E-state index contributed by atoms with van der Waals surface area (Å²) in [6.45, 7) is 11.3. The molecule has 17 nitrogen and oxygen atoms in total. The molecule has 5 aromatic rings. The standard InChI is InChI=1S/C64H75N3O14S/c1-4-7-38-67(64-66-55-18-12-13-19-57(55)82-64)65-44-49-43-54(80-62(72)47-22-20-45(21-23-47)60(70)78-52-32-28-50(29-33-52)74-39-14-8-10-16-41-76-58(68)5-2)36-37-56(49)81-63(73)48-26-24-46(25-27-48)61(71)79-53-34-30-51(31-35-53)75-40-15-9-11-17-42-77-59(69)6-3/h5-6,12-13,18-19,28-37,43-48H,2-4,7-11,14-17,20-27,38-42H2,1H3/b65-44+. The summed E-state index contributed by atoms with van der Waals surface area (Å²) < 4.78 is 46.3. The van der Waals surface area contributed by atoms with Gasteiger partial charge in [-0.3, -0.25) is 19.2 Å². The van der Waals surface area contributed by atoms with Gasteiger partial charge in [0, 0.05) is 24.3 Å². The van der Waals surface area contributed by atoms with E-state index in [2.05, 4.69) is 20.1 Å². The molecule has 0 aliphatic heterocycles. The van der Waals surface area contributed by atoms with Crippen LogP contribution in [0.5, 0.6) is 34.5 Å². The summed E-state index contributed by atoms with van der Waals surface area (Å²) in [5.41, 5.74) is 1.28. The van der Waals surface area contributed by atoms with Crippen molar-refractivity contribution in [2.75, 3.05) is 38.0 Å². The van der Waals surface area contributed by atoms with Gasteiger partial charge in [0.05, 0.1) is 66.5 Å². The van der Waals surface area contributed by atoms with Crippen LogP contribution in [0.4, 0.5) is 5.13 Å². The minimum absolute atomic E-state index is 0.237. The molecule has 0 amide bonds. The Morgan fingerprint density at radius 3 is 1.43 bits per heavy atom. The predicted molar refractivity (Wildman–Crippen MR) is 312 cm³/mol. The highest BCUT2D eigenvalue weighted by Crippen LogP contribution is 2.36. The monoisotopic (exact) mass is 1140 g/mol. The molecular formula is C64H75N3O14S.